The van der Waals surface area contributed by atoms with Crippen molar-refractivity contribution in [1.29, 1.82) is 0 Å². The maximum Gasteiger partial charge on any atom is 0.174 e. The van der Waals surface area contributed by atoms with Crippen LogP contribution in [0.15, 0.2) is 72.9 Å². The Morgan fingerprint density at radius 3 is 2.48 bits per heavy atom. The van der Waals surface area contributed by atoms with Crippen LogP contribution in [0.3, 0.4) is 0 Å². The molecule has 0 saturated heterocycles. The van der Waals surface area contributed by atoms with E-state index in [-0.39, 0.29) is 6.04 Å². The lowest BCUT2D eigenvalue weighted by molar-refractivity contribution is 0.293. The van der Waals surface area contributed by atoms with Gasteiger partial charge in [-0.05, 0) is 54.2 Å². The third-order valence-corrected chi connectivity index (χ3v) is 5.10. The lowest BCUT2D eigenvalue weighted by Crippen LogP contribution is -2.44. The molecule has 25 heavy (non-hydrogen) atoms. The molecule has 5 heteroatoms. The predicted octanol–water partition coefficient (Wildman–Crippen LogP) is 4.94. The van der Waals surface area contributed by atoms with Gasteiger partial charge in [-0.25, -0.2) is 0 Å². The van der Waals surface area contributed by atoms with E-state index in [2.05, 4.69) is 57.4 Å². The van der Waals surface area contributed by atoms with Gasteiger partial charge in [-0.2, -0.15) is 0 Å². The van der Waals surface area contributed by atoms with Gasteiger partial charge in [0.1, 0.15) is 0 Å². The van der Waals surface area contributed by atoms with Crippen LogP contribution in [-0.4, -0.2) is 21.1 Å². The third kappa shape index (κ3) is 3.28. The summed E-state index contributed by atoms with van der Waals surface area (Å²) in [7, 11) is 0. The fourth-order valence-corrected chi connectivity index (χ4v) is 3.76. The maximum absolute atomic E-state index is 5.97. The molecule has 0 saturated carbocycles. The van der Waals surface area contributed by atoms with E-state index in [0.717, 1.165) is 28.9 Å². The number of benzene rings is 2. The van der Waals surface area contributed by atoms with Gasteiger partial charge in [0, 0.05) is 35.7 Å². The Morgan fingerprint density at radius 1 is 0.960 bits per heavy atom. The summed E-state index contributed by atoms with van der Waals surface area (Å²) in [6.45, 7) is 1.79. The Morgan fingerprint density at radius 2 is 1.72 bits per heavy atom. The highest BCUT2D eigenvalue weighted by Crippen LogP contribution is 2.32. The molecular weight excluding hydrogens is 350 g/mol. The summed E-state index contributed by atoms with van der Waals surface area (Å²) in [5.41, 5.74) is 3.45. The van der Waals surface area contributed by atoms with E-state index in [1.165, 1.54) is 11.3 Å². The summed E-state index contributed by atoms with van der Waals surface area (Å²) in [6.07, 6.45) is 2.14. The van der Waals surface area contributed by atoms with Gasteiger partial charge in [-0.15, -0.1) is 0 Å². The fraction of sp³-hybridized carbons (Fsp3) is 0.150. The molecular formula is C20H18ClN3S. The van der Waals surface area contributed by atoms with Crippen molar-refractivity contribution < 1.29 is 0 Å². The average Bonchev–Trinajstić information content (AvgIpc) is 3.12. The highest BCUT2D eigenvalue weighted by atomic mass is 35.5. The van der Waals surface area contributed by atoms with Crippen LogP contribution in [0.25, 0.3) is 0 Å². The van der Waals surface area contributed by atoms with Crippen LogP contribution in [0, 0.1) is 0 Å². The van der Waals surface area contributed by atoms with Crippen molar-refractivity contribution in [2.45, 2.75) is 12.6 Å². The first-order chi connectivity index (χ1) is 12.2. The van der Waals surface area contributed by atoms with Crippen LogP contribution < -0.4 is 5.32 Å². The summed E-state index contributed by atoms with van der Waals surface area (Å²) >= 11 is 11.7. The molecule has 4 rings (SSSR count). The third-order valence-electron chi connectivity index (χ3n) is 4.51. The first-order valence-corrected chi connectivity index (χ1v) is 9.04. The number of aromatic nitrogens is 1. The number of hydrogen-bond acceptors (Lipinski definition) is 1. The second-order valence-corrected chi connectivity index (χ2v) is 6.89. The molecule has 0 spiro atoms. The van der Waals surface area contributed by atoms with E-state index in [1.807, 2.05) is 30.3 Å². The molecule has 3 nitrogen and oxygen atoms in total. The number of thiocarbonyl (C=S) groups is 1. The molecule has 0 fully saturated rings. The summed E-state index contributed by atoms with van der Waals surface area (Å²) in [6, 6.07) is 22.5. The summed E-state index contributed by atoms with van der Waals surface area (Å²) in [4.78, 5) is 2.26. The van der Waals surface area contributed by atoms with Crippen LogP contribution in [0.5, 0.6) is 0 Å². The summed E-state index contributed by atoms with van der Waals surface area (Å²) in [5, 5.41) is 4.79. The van der Waals surface area contributed by atoms with Crippen LogP contribution in [0.2, 0.25) is 5.02 Å². The Kier molecular flexibility index (Phi) is 4.47. The maximum atomic E-state index is 5.97. The molecule has 1 atom stereocenters. The standard InChI is InChI=1S/C20H18ClN3S/c21-16-8-10-17(11-9-16)22-20(25)24-14-13-23-12-4-7-18(23)19(24)15-5-2-1-3-6-15/h1-12,19H,13-14H2,(H,22,25)/t19-/m0/s1. The molecule has 0 bridgehead atoms. The normalized spacial score (nSPS) is 16.4. The first-order valence-electron chi connectivity index (χ1n) is 8.25. The number of hydrogen-bond donors (Lipinski definition) is 1. The number of fused-ring (bicyclic) bond motifs is 1. The Hall–Kier alpha value is -2.30. The number of nitrogens with zero attached hydrogens (tertiary/aromatic N) is 2. The minimum absolute atomic E-state index is 0.109. The number of anilines is 1. The largest absolute Gasteiger partial charge is 0.348 e. The van der Waals surface area contributed by atoms with Gasteiger partial charge in [0.25, 0.3) is 0 Å². The average molecular weight is 368 g/mol. The number of rotatable bonds is 2. The second-order valence-electron chi connectivity index (χ2n) is 6.07. The Balaban J connectivity index is 1.65. The Labute approximate surface area is 157 Å². The van der Waals surface area contributed by atoms with E-state index in [4.69, 9.17) is 23.8 Å². The van der Waals surface area contributed by atoms with Crippen molar-refractivity contribution in [1.82, 2.24) is 9.47 Å². The Bertz CT molecular complexity index is 873. The molecule has 126 valence electrons. The number of halogens is 1. The molecule has 1 aliphatic rings. The molecule has 0 amide bonds. The molecule has 0 unspecified atom stereocenters. The highest BCUT2D eigenvalue weighted by molar-refractivity contribution is 7.80. The van der Waals surface area contributed by atoms with Crippen molar-refractivity contribution in [3.8, 4) is 0 Å². The van der Waals surface area contributed by atoms with Crippen LogP contribution in [-0.2, 0) is 6.54 Å². The smallest absolute Gasteiger partial charge is 0.174 e. The highest BCUT2D eigenvalue weighted by Gasteiger charge is 2.30. The van der Waals surface area contributed by atoms with Gasteiger partial charge in [0.15, 0.2) is 5.11 Å². The molecule has 0 radical (unpaired) electrons. The zero-order valence-electron chi connectivity index (χ0n) is 13.6. The van der Waals surface area contributed by atoms with Crippen molar-refractivity contribution in [2.24, 2.45) is 0 Å². The van der Waals surface area contributed by atoms with E-state index in [9.17, 15) is 0 Å². The summed E-state index contributed by atoms with van der Waals surface area (Å²) in [5.74, 6) is 0. The van der Waals surface area contributed by atoms with Crippen molar-refractivity contribution >= 4 is 34.6 Å². The SMILES string of the molecule is S=C(Nc1ccc(Cl)cc1)N1CCn2cccc2[C@@H]1c1ccccc1. The monoisotopic (exact) mass is 367 g/mol. The van der Waals surface area contributed by atoms with Crippen molar-refractivity contribution in [3.63, 3.8) is 0 Å². The summed E-state index contributed by atoms with van der Waals surface area (Å²) < 4.78 is 2.30. The second kappa shape index (κ2) is 6.90. The molecule has 0 aliphatic carbocycles. The number of nitrogens with one attached hydrogen (secondary N) is 1. The van der Waals surface area contributed by atoms with Gasteiger partial charge >= 0.3 is 0 Å². The lowest BCUT2D eigenvalue weighted by atomic mass is 10.0. The van der Waals surface area contributed by atoms with Crippen molar-refractivity contribution in [3.05, 3.63) is 89.2 Å². The van der Waals surface area contributed by atoms with Gasteiger partial charge in [-0.1, -0.05) is 41.9 Å². The molecule has 1 aromatic heterocycles. The zero-order chi connectivity index (χ0) is 17.2. The topological polar surface area (TPSA) is 20.2 Å². The van der Waals surface area contributed by atoms with E-state index < -0.39 is 0 Å². The van der Waals surface area contributed by atoms with E-state index in [0.29, 0.717) is 0 Å². The molecule has 3 aromatic rings. The van der Waals surface area contributed by atoms with Gasteiger partial charge in [0.2, 0.25) is 0 Å². The molecule has 1 N–H and O–H groups in total. The van der Waals surface area contributed by atoms with Crippen LogP contribution >= 0.6 is 23.8 Å². The van der Waals surface area contributed by atoms with Gasteiger partial charge < -0.3 is 14.8 Å². The first kappa shape index (κ1) is 16.2. The minimum atomic E-state index is 0.109. The van der Waals surface area contributed by atoms with Crippen LogP contribution in [0.4, 0.5) is 5.69 Å². The molecule has 2 aromatic carbocycles. The predicted molar refractivity (Wildman–Crippen MR) is 107 cm³/mol. The van der Waals surface area contributed by atoms with Crippen molar-refractivity contribution in [2.75, 3.05) is 11.9 Å². The quantitative estimate of drug-likeness (QED) is 0.647. The fourth-order valence-electron chi connectivity index (χ4n) is 3.32. The molecule has 2 heterocycles. The lowest BCUT2D eigenvalue weighted by Gasteiger charge is -2.39. The van der Waals surface area contributed by atoms with E-state index >= 15 is 0 Å². The zero-order valence-corrected chi connectivity index (χ0v) is 15.2. The minimum Gasteiger partial charge on any atom is -0.348 e. The van der Waals surface area contributed by atoms with E-state index in [1.54, 1.807) is 0 Å². The van der Waals surface area contributed by atoms with Gasteiger partial charge in [0.05, 0.1) is 6.04 Å². The van der Waals surface area contributed by atoms with Crippen LogP contribution in [0.1, 0.15) is 17.3 Å². The molecule has 1 aliphatic heterocycles. The van der Waals surface area contributed by atoms with Gasteiger partial charge in [-0.3, -0.25) is 0 Å².